The van der Waals surface area contributed by atoms with Gasteiger partial charge >= 0.3 is 0 Å². The van der Waals surface area contributed by atoms with Crippen LogP contribution < -0.4 is 0 Å². The molecule has 0 amide bonds. The molecule has 20 heavy (non-hydrogen) atoms. The highest BCUT2D eigenvalue weighted by atomic mass is 79.9. The summed E-state index contributed by atoms with van der Waals surface area (Å²) in [5.41, 5.74) is 0.821. The van der Waals surface area contributed by atoms with E-state index in [9.17, 15) is 5.11 Å². The van der Waals surface area contributed by atoms with E-state index in [0.717, 1.165) is 16.6 Å². The van der Waals surface area contributed by atoms with E-state index in [1.54, 1.807) is 10.8 Å². The van der Waals surface area contributed by atoms with Gasteiger partial charge in [-0.05, 0) is 53.6 Å². The highest BCUT2D eigenvalue weighted by molar-refractivity contribution is 9.10. The standard InChI is InChI=1S/C14H15BrN2OS2/c1-3-9(2)17-13(18)12(20-14(17)19)8-16-11-7-5-4-6-10(11)15/h4-9,18H,3H2,1-2H3/t9-/m0/s1. The third-order valence-electron chi connectivity index (χ3n) is 3.05. The predicted molar refractivity (Wildman–Crippen MR) is 91.2 cm³/mol. The Labute approximate surface area is 135 Å². The molecule has 0 bridgehead atoms. The van der Waals surface area contributed by atoms with E-state index in [1.807, 2.05) is 31.2 Å². The molecular weight excluding hydrogens is 356 g/mol. The van der Waals surface area contributed by atoms with Gasteiger partial charge in [-0.2, -0.15) is 0 Å². The average molecular weight is 371 g/mol. The minimum atomic E-state index is 0.185. The molecule has 0 fully saturated rings. The summed E-state index contributed by atoms with van der Waals surface area (Å²) in [5, 5.41) is 10.3. The van der Waals surface area contributed by atoms with Crippen LogP contribution in [-0.4, -0.2) is 15.9 Å². The molecule has 106 valence electrons. The van der Waals surface area contributed by atoms with Gasteiger partial charge in [0.05, 0.1) is 11.9 Å². The van der Waals surface area contributed by atoms with Crippen LogP contribution in [0.15, 0.2) is 33.7 Å². The van der Waals surface area contributed by atoms with Crippen molar-refractivity contribution in [2.45, 2.75) is 26.3 Å². The number of thiazole rings is 1. The number of para-hydroxylation sites is 1. The molecule has 1 aromatic heterocycles. The number of hydrogen-bond acceptors (Lipinski definition) is 4. The Kier molecular flexibility index (Phi) is 5.12. The number of aromatic nitrogens is 1. The molecular formula is C14H15BrN2OS2. The van der Waals surface area contributed by atoms with E-state index in [1.165, 1.54) is 11.3 Å². The first kappa shape index (κ1) is 15.4. The van der Waals surface area contributed by atoms with Gasteiger partial charge in [0.25, 0.3) is 0 Å². The smallest absolute Gasteiger partial charge is 0.212 e. The van der Waals surface area contributed by atoms with E-state index in [-0.39, 0.29) is 11.9 Å². The molecule has 1 N–H and O–H groups in total. The van der Waals surface area contributed by atoms with Gasteiger partial charge in [-0.3, -0.25) is 9.56 Å². The fourth-order valence-corrected chi connectivity index (χ4v) is 3.50. The summed E-state index contributed by atoms with van der Waals surface area (Å²) in [6.45, 7) is 4.11. The molecule has 2 rings (SSSR count). The zero-order chi connectivity index (χ0) is 14.7. The second-order valence-electron chi connectivity index (χ2n) is 4.39. The molecule has 0 radical (unpaired) electrons. The second-order valence-corrected chi connectivity index (χ2v) is 6.92. The van der Waals surface area contributed by atoms with Crippen molar-refractivity contribution in [1.82, 2.24) is 4.57 Å². The molecule has 0 unspecified atom stereocenters. The Hall–Kier alpha value is -0.980. The van der Waals surface area contributed by atoms with Crippen molar-refractivity contribution in [1.29, 1.82) is 0 Å². The largest absolute Gasteiger partial charge is 0.493 e. The first-order chi connectivity index (χ1) is 9.54. The van der Waals surface area contributed by atoms with Crippen LogP contribution in [0.5, 0.6) is 5.88 Å². The summed E-state index contributed by atoms with van der Waals surface area (Å²) in [7, 11) is 0. The molecule has 0 aliphatic carbocycles. The van der Waals surface area contributed by atoms with Gasteiger partial charge in [0.2, 0.25) is 5.88 Å². The van der Waals surface area contributed by atoms with Gasteiger partial charge in [-0.25, -0.2) is 0 Å². The van der Waals surface area contributed by atoms with Crippen LogP contribution in [-0.2, 0) is 0 Å². The van der Waals surface area contributed by atoms with Crippen molar-refractivity contribution in [3.05, 3.63) is 37.6 Å². The normalized spacial score (nSPS) is 12.9. The van der Waals surface area contributed by atoms with Crippen molar-refractivity contribution in [3.8, 4) is 5.88 Å². The van der Waals surface area contributed by atoms with E-state index in [0.29, 0.717) is 8.83 Å². The van der Waals surface area contributed by atoms with Crippen LogP contribution in [0.3, 0.4) is 0 Å². The summed E-state index contributed by atoms with van der Waals surface area (Å²) >= 11 is 10.1. The molecule has 1 atom stereocenters. The lowest BCUT2D eigenvalue weighted by Crippen LogP contribution is -2.02. The Balaban J connectivity index is 2.36. The van der Waals surface area contributed by atoms with Crippen LogP contribution in [0.4, 0.5) is 5.69 Å². The summed E-state index contributed by atoms with van der Waals surface area (Å²) in [6.07, 6.45) is 2.58. The van der Waals surface area contributed by atoms with Gasteiger partial charge in [0.15, 0.2) is 3.95 Å². The van der Waals surface area contributed by atoms with Crippen LogP contribution >= 0.6 is 39.5 Å². The van der Waals surface area contributed by atoms with Crippen LogP contribution in [0, 0.1) is 3.95 Å². The maximum absolute atomic E-state index is 10.3. The maximum Gasteiger partial charge on any atom is 0.212 e. The number of benzene rings is 1. The molecule has 1 aromatic carbocycles. The zero-order valence-electron chi connectivity index (χ0n) is 11.2. The predicted octanol–water partition coefficient (Wildman–Crippen LogP) is 5.47. The van der Waals surface area contributed by atoms with Crippen molar-refractivity contribution >= 4 is 51.4 Å². The summed E-state index contributed by atoms with van der Waals surface area (Å²) < 4.78 is 3.37. The van der Waals surface area contributed by atoms with Gasteiger partial charge in [-0.1, -0.05) is 30.4 Å². The fourth-order valence-electron chi connectivity index (χ4n) is 1.73. The Morgan fingerprint density at radius 3 is 2.85 bits per heavy atom. The molecule has 2 aromatic rings. The third-order valence-corrected chi connectivity index (χ3v) is 5.04. The quantitative estimate of drug-likeness (QED) is 0.572. The molecule has 1 heterocycles. The minimum absolute atomic E-state index is 0.185. The Morgan fingerprint density at radius 2 is 2.20 bits per heavy atom. The summed E-state index contributed by atoms with van der Waals surface area (Å²) in [6, 6.07) is 7.87. The first-order valence-corrected chi connectivity index (χ1v) is 8.29. The molecule has 0 saturated heterocycles. The Bertz CT molecular complexity index is 691. The van der Waals surface area contributed by atoms with E-state index in [4.69, 9.17) is 12.2 Å². The molecule has 0 spiro atoms. The van der Waals surface area contributed by atoms with E-state index in [2.05, 4.69) is 27.8 Å². The minimum Gasteiger partial charge on any atom is -0.493 e. The van der Waals surface area contributed by atoms with Crippen LogP contribution in [0.2, 0.25) is 0 Å². The van der Waals surface area contributed by atoms with E-state index >= 15 is 0 Å². The highest BCUT2D eigenvalue weighted by Crippen LogP contribution is 2.30. The molecule has 0 saturated carbocycles. The highest BCUT2D eigenvalue weighted by Gasteiger charge is 2.14. The first-order valence-electron chi connectivity index (χ1n) is 6.27. The molecule has 6 heteroatoms. The third kappa shape index (κ3) is 3.19. The topological polar surface area (TPSA) is 37.5 Å². The fraction of sp³-hybridized carbons (Fsp3) is 0.286. The lowest BCUT2D eigenvalue weighted by Gasteiger charge is -2.11. The lowest BCUT2D eigenvalue weighted by atomic mass is 10.2. The number of aromatic hydroxyl groups is 1. The van der Waals surface area contributed by atoms with Crippen molar-refractivity contribution in [2.75, 3.05) is 0 Å². The monoisotopic (exact) mass is 370 g/mol. The Morgan fingerprint density at radius 1 is 1.50 bits per heavy atom. The molecule has 0 aliphatic heterocycles. The number of hydrogen-bond donors (Lipinski definition) is 1. The second kappa shape index (κ2) is 6.65. The summed E-state index contributed by atoms with van der Waals surface area (Å²) in [4.78, 5) is 5.08. The van der Waals surface area contributed by atoms with Crippen LogP contribution in [0.25, 0.3) is 0 Å². The summed E-state index contributed by atoms with van der Waals surface area (Å²) in [5.74, 6) is 0.199. The van der Waals surface area contributed by atoms with Crippen molar-refractivity contribution in [2.24, 2.45) is 4.99 Å². The van der Waals surface area contributed by atoms with Gasteiger partial charge in [0, 0.05) is 10.5 Å². The zero-order valence-corrected chi connectivity index (χ0v) is 14.4. The average Bonchev–Trinajstić information content (AvgIpc) is 2.72. The van der Waals surface area contributed by atoms with Crippen molar-refractivity contribution < 1.29 is 5.11 Å². The number of halogens is 1. The molecule has 3 nitrogen and oxygen atoms in total. The molecule has 0 aliphatic rings. The van der Waals surface area contributed by atoms with E-state index < -0.39 is 0 Å². The van der Waals surface area contributed by atoms with Gasteiger partial charge in [-0.15, -0.1) is 0 Å². The van der Waals surface area contributed by atoms with Crippen molar-refractivity contribution in [3.63, 3.8) is 0 Å². The van der Waals surface area contributed by atoms with Gasteiger partial charge in [0.1, 0.15) is 4.88 Å². The number of rotatable bonds is 4. The number of nitrogens with zero attached hydrogens (tertiary/aromatic N) is 2. The van der Waals surface area contributed by atoms with Gasteiger partial charge < -0.3 is 5.11 Å². The lowest BCUT2D eigenvalue weighted by molar-refractivity contribution is 0.384. The SMILES string of the molecule is CC[C@H](C)n1c(O)c(C=Nc2ccccc2Br)sc1=S. The maximum atomic E-state index is 10.3. The van der Waals surface area contributed by atoms with Crippen LogP contribution in [0.1, 0.15) is 31.2 Å². The number of aliphatic imine (C=N–C) groups is 1.